The maximum Gasteiger partial charge on any atom is 0.0995 e. The standard InChI is InChI=1S/C11H8N2/c1-2-4-11-9(3-1)7-10-5-6-12-8-13(10)11/h1-8H. The van der Waals surface area contributed by atoms with Crippen LogP contribution in [0.5, 0.6) is 0 Å². The van der Waals surface area contributed by atoms with E-state index in [1.807, 2.05) is 24.7 Å². The summed E-state index contributed by atoms with van der Waals surface area (Å²) in [5, 5.41) is 1.26. The van der Waals surface area contributed by atoms with Crippen molar-refractivity contribution in [3.8, 4) is 0 Å². The van der Waals surface area contributed by atoms with Gasteiger partial charge in [0.05, 0.1) is 11.8 Å². The molecular weight excluding hydrogens is 160 g/mol. The first kappa shape index (κ1) is 6.66. The molecule has 0 saturated carbocycles. The molecule has 62 valence electrons. The van der Waals surface area contributed by atoms with E-state index in [9.17, 15) is 0 Å². The zero-order valence-electron chi connectivity index (χ0n) is 7.01. The summed E-state index contributed by atoms with van der Waals surface area (Å²) in [6.45, 7) is 0. The zero-order valence-corrected chi connectivity index (χ0v) is 7.01. The third-order valence-electron chi connectivity index (χ3n) is 2.29. The summed E-state index contributed by atoms with van der Waals surface area (Å²) < 4.78 is 2.09. The minimum Gasteiger partial charge on any atom is -0.300 e. The summed E-state index contributed by atoms with van der Waals surface area (Å²) in [7, 11) is 0. The second-order valence-electron chi connectivity index (χ2n) is 3.08. The first-order chi connectivity index (χ1) is 6.45. The lowest BCUT2D eigenvalue weighted by Crippen LogP contribution is -1.83. The second-order valence-corrected chi connectivity index (χ2v) is 3.08. The molecule has 2 heterocycles. The van der Waals surface area contributed by atoms with Crippen LogP contribution in [0.3, 0.4) is 0 Å². The van der Waals surface area contributed by atoms with Gasteiger partial charge in [0.15, 0.2) is 0 Å². The quantitative estimate of drug-likeness (QED) is 0.504. The van der Waals surface area contributed by atoms with Gasteiger partial charge in [-0.3, -0.25) is 0 Å². The van der Waals surface area contributed by atoms with Gasteiger partial charge < -0.3 is 4.40 Å². The molecule has 1 aromatic carbocycles. The number of para-hydroxylation sites is 1. The molecule has 0 aliphatic heterocycles. The fourth-order valence-electron chi connectivity index (χ4n) is 1.68. The summed E-state index contributed by atoms with van der Waals surface area (Å²) in [6, 6.07) is 12.5. The molecule has 0 atom stereocenters. The van der Waals surface area contributed by atoms with Crippen molar-refractivity contribution in [2.24, 2.45) is 0 Å². The number of hydrogen-bond acceptors (Lipinski definition) is 1. The summed E-state index contributed by atoms with van der Waals surface area (Å²) >= 11 is 0. The molecule has 3 aromatic rings. The maximum absolute atomic E-state index is 4.10. The second kappa shape index (κ2) is 2.33. The largest absolute Gasteiger partial charge is 0.300 e. The number of rotatable bonds is 0. The molecule has 0 N–H and O–H groups in total. The van der Waals surface area contributed by atoms with Gasteiger partial charge >= 0.3 is 0 Å². The van der Waals surface area contributed by atoms with E-state index >= 15 is 0 Å². The van der Waals surface area contributed by atoms with E-state index in [2.05, 4.69) is 33.7 Å². The van der Waals surface area contributed by atoms with Crippen LogP contribution in [0.15, 0.2) is 48.9 Å². The molecule has 2 heteroatoms. The summed E-state index contributed by atoms with van der Waals surface area (Å²) in [5.74, 6) is 0. The van der Waals surface area contributed by atoms with Crippen molar-refractivity contribution < 1.29 is 0 Å². The highest BCUT2D eigenvalue weighted by atomic mass is 14.9. The van der Waals surface area contributed by atoms with Crippen molar-refractivity contribution in [2.45, 2.75) is 0 Å². The van der Waals surface area contributed by atoms with Crippen LogP contribution in [0.25, 0.3) is 16.4 Å². The Balaban J connectivity index is 2.64. The monoisotopic (exact) mass is 168 g/mol. The number of hydrogen-bond donors (Lipinski definition) is 0. The predicted octanol–water partition coefficient (Wildman–Crippen LogP) is 2.49. The van der Waals surface area contributed by atoms with Crippen LogP contribution < -0.4 is 0 Å². The molecule has 2 aromatic heterocycles. The molecule has 13 heavy (non-hydrogen) atoms. The topological polar surface area (TPSA) is 17.3 Å². The minimum absolute atomic E-state index is 1.19. The lowest BCUT2D eigenvalue weighted by molar-refractivity contribution is 1.13. The molecule has 0 saturated heterocycles. The van der Waals surface area contributed by atoms with Gasteiger partial charge in [-0.25, -0.2) is 4.98 Å². The van der Waals surface area contributed by atoms with Crippen molar-refractivity contribution in [2.75, 3.05) is 0 Å². The Morgan fingerprint density at radius 1 is 1.08 bits per heavy atom. The van der Waals surface area contributed by atoms with Crippen LogP contribution in [-0.4, -0.2) is 9.38 Å². The van der Waals surface area contributed by atoms with E-state index < -0.39 is 0 Å². The van der Waals surface area contributed by atoms with Crippen molar-refractivity contribution in [1.29, 1.82) is 0 Å². The van der Waals surface area contributed by atoms with E-state index in [0.717, 1.165) is 0 Å². The fourth-order valence-corrected chi connectivity index (χ4v) is 1.68. The maximum atomic E-state index is 4.10. The summed E-state index contributed by atoms with van der Waals surface area (Å²) in [4.78, 5) is 4.10. The average molecular weight is 168 g/mol. The van der Waals surface area contributed by atoms with Crippen LogP contribution in [0.1, 0.15) is 0 Å². The molecule has 0 fully saturated rings. The highest BCUT2D eigenvalue weighted by Gasteiger charge is 1.98. The van der Waals surface area contributed by atoms with Crippen LogP contribution in [0, 0.1) is 0 Å². The van der Waals surface area contributed by atoms with Crippen molar-refractivity contribution in [3.05, 3.63) is 48.9 Å². The Hall–Kier alpha value is -1.83. The SMILES string of the molecule is c1ccc2c(c1)cc1ccncn12. The van der Waals surface area contributed by atoms with E-state index in [1.165, 1.54) is 16.4 Å². The Bertz CT molecular complexity index is 516. The van der Waals surface area contributed by atoms with Crippen molar-refractivity contribution >= 4 is 16.4 Å². The normalized spacial score (nSPS) is 11.1. The lowest BCUT2D eigenvalue weighted by Gasteiger charge is -1.93. The third kappa shape index (κ3) is 0.855. The molecule has 0 unspecified atom stereocenters. The first-order valence-electron chi connectivity index (χ1n) is 4.25. The molecule has 2 nitrogen and oxygen atoms in total. The van der Waals surface area contributed by atoms with Gasteiger partial charge in [-0.05, 0) is 18.2 Å². The number of aromatic nitrogens is 2. The Labute approximate surface area is 75.5 Å². The highest BCUT2D eigenvalue weighted by molar-refractivity contribution is 5.86. The van der Waals surface area contributed by atoms with E-state index in [1.54, 1.807) is 0 Å². The molecule has 0 bridgehead atoms. The Kier molecular flexibility index (Phi) is 1.19. The van der Waals surface area contributed by atoms with Gasteiger partial charge in [-0.2, -0.15) is 0 Å². The van der Waals surface area contributed by atoms with Gasteiger partial charge in [0, 0.05) is 17.1 Å². The van der Waals surface area contributed by atoms with E-state index in [-0.39, 0.29) is 0 Å². The number of benzene rings is 1. The Morgan fingerprint density at radius 2 is 2.00 bits per heavy atom. The fraction of sp³-hybridized carbons (Fsp3) is 0. The zero-order chi connectivity index (χ0) is 8.67. The minimum atomic E-state index is 1.19. The molecule has 0 radical (unpaired) electrons. The first-order valence-corrected chi connectivity index (χ1v) is 4.25. The molecule has 0 spiro atoms. The lowest BCUT2D eigenvalue weighted by atomic mass is 10.2. The molecule has 0 aliphatic rings. The molecule has 0 aliphatic carbocycles. The van der Waals surface area contributed by atoms with Crippen LogP contribution >= 0.6 is 0 Å². The average Bonchev–Trinajstić information content (AvgIpc) is 2.56. The molecule has 3 rings (SSSR count). The van der Waals surface area contributed by atoms with Gasteiger partial charge in [0.25, 0.3) is 0 Å². The predicted molar refractivity (Wildman–Crippen MR) is 52.7 cm³/mol. The van der Waals surface area contributed by atoms with Gasteiger partial charge in [0.2, 0.25) is 0 Å². The third-order valence-corrected chi connectivity index (χ3v) is 2.29. The smallest absolute Gasteiger partial charge is 0.0995 e. The molecular formula is C11H8N2. The van der Waals surface area contributed by atoms with Crippen LogP contribution in [0.4, 0.5) is 0 Å². The number of nitrogens with zero attached hydrogens (tertiary/aromatic N) is 2. The van der Waals surface area contributed by atoms with E-state index in [0.29, 0.717) is 0 Å². The van der Waals surface area contributed by atoms with Crippen molar-refractivity contribution in [1.82, 2.24) is 9.38 Å². The van der Waals surface area contributed by atoms with Gasteiger partial charge in [0.1, 0.15) is 0 Å². The molecule has 0 amide bonds. The highest BCUT2D eigenvalue weighted by Crippen LogP contribution is 2.18. The van der Waals surface area contributed by atoms with Gasteiger partial charge in [-0.15, -0.1) is 0 Å². The summed E-state index contributed by atoms with van der Waals surface area (Å²) in [6.07, 6.45) is 3.66. The Morgan fingerprint density at radius 3 is 3.00 bits per heavy atom. The van der Waals surface area contributed by atoms with Crippen molar-refractivity contribution in [3.63, 3.8) is 0 Å². The van der Waals surface area contributed by atoms with Crippen LogP contribution in [-0.2, 0) is 0 Å². The summed E-state index contributed by atoms with van der Waals surface area (Å²) in [5.41, 5.74) is 2.40. The van der Waals surface area contributed by atoms with Crippen LogP contribution in [0.2, 0.25) is 0 Å². The van der Waals surface area contributed by atoms with Gasteiger partial charge in [-0.1, -0.05) is 18.2 Å². The number of fused-ring (bicyclic) bond motifs is 3. The van der Waals surface area contributed by atoms with E-state index in [4.69, 9.17) is 0 Å².